The van der Waals surface area contributed by atoms with Crippen molar-refractivity contribution in [3.63, 3.8) is 0 Å². The number of thioether (sulfide) groups is 1. The van der Waals surface area contributed by atoms with Gasteiger partial charge in [0.2, 0.25) is 5.91 Å². The van der Waals surface area contributed by atoms with Crippen LogP contribution in [0.5, 0.6) is 0 Å². The number of sulfone groups is 1. The lowest BCUT2D eigenvalue weighted by Crippen LogP contribution is -2.39. The zero-order valence-corrected chi connectivity index (χ0v) is 13.6. The fourth-order valence-electron chi connectivity index (χ4n) is 2.10. The van der Waals surface area contributed by atoms with E-state index in [1.54, 1.807) is 19.1 Å². The molecule has 21 heavy (non-hydrogen) atoms. The fourth-order valence-corrected chi connectivity index (χ4v) is 3.93. The van der Waals surface area contributed by atoms with Gasteiger partial charge in [-0.25, -0.2) is 8.42 Å². The van der Waals surface area contributed by atoms with Crippen LogP contribution in [-0.2, 0) is 14.6 Å². The number of nitrogens with one attached hydrogen (secondary N) is 2. The molecule has 2 N–H and O–H groups in total. The van der Waals surface area contributed by atoms with E-state index in [1.807, 2.05) is 11.8 Å². The first kappa shape index (κ1) is 16.3. The third-order valence-corrected chi connectivity index (χ3v) is 6.19. The van der Waals surface area contributed by atoms with Gasteiger partial charge in [0.15, 0.2) is 9.84 Å². The van der Waals surface area contributed by atoms with Crippen molar-refractivity contribution < 1.29 is 13.2 Å². The van der Waals surface area contributed by atoms with Gasteiger partial charge in [-0.05, 0) is 24.3 Å². The minimum absolute atomic E-state index is 0.0545. The molecule has 0 bridgehead atoms. The van der Waals surface area contributed by atoms with Crippen LogP contribution in [0.25, 0.3) is 0 Å². The van der Waals surface area contributed by atoms with Crippen LogP contribution in [0.4, 0.5) is 5.69 Å². The summed E-state index contributed by atoms with van der Waals surface area (Å²) in [7, 11) is -3.19. The van der Waals surface area contributed by atoms with Crippen LogP contribution in [0.3, 0.4) is 0 Å². The number of amides is 1. The van der Waals surface area contributed by atoms with Gasteiger partial charge in [0.1, 0.15) is 0 Å². The van der Waals surface area contributed by atoms with Gasteiger partial charge in [-0.1, -0.05) is 6.92 Å². The van der Waals surface area contributed by atoms with Crippen molar-refractivity contribution in [3.05, 3.63) is 24.3 Å². The predicted octanol–water partition coefficient (Wildman–Crippen LogP) is 1.51. The Kier molecular flexibility index (Phi) is 5.66. The van der Waals surface area contributed by atoms with E-state index in [2.05, 4.69) is 10.6 Å². The number of rotatable bonds is 5. The van der Waals surface area contributed by atoms with Crippen LogP contribution in [0.15, 0.2) is 29.2 Å². The third-order valence-electron chi connectivity index (χ3n) is 3.31. The van der Waals surface area contributed by atoms with E-state index in [-0.39, 0.29) is 22.6 Å². The Hall–Kier alpha value is -1.05. The second kappa shape index (κ2) is 7.29. The molecule has 1 aliphatic rings. The molecule has 1 amide bonds. The summed E-state index contributed by atoms with van der Waals surface area (Å²) >= 11 is 1.85. The maximum atomic E-state index is 11.9. The molecular formula is C14H20N2O3S2. The number of benzene rings is 1. The Morgan fingerprint density at radius 1 is 1.38 bits per heavy atom. The summed E-state index contributed by atoms with van der Waals surface area (Å²) in [5.74, 6) is 2.05. The van der Waals surface area contributed by atoms with Crippen molar-refractivity contribution in [3.8, 4) is 0 Å². The molecule has 0 spiro atoms. The Morgan fingerprint density at radius 2 is 2.10 bits per heavy atom. The number of hydrogen-bond acceptors (Lipinski definition) is 5. The van der Waals surface area contributed by atoms with E-state index in [0.29, 0.717) is 12.1 Å². The minimum Gasteiger partial charge on any atom is -0.326 e. The first-order valence-electron chi connectivity index (χ1n) is 6.95. The minimum atomic E-state index is -3.19. The largest absolute Gasteiger partial charge is 0.326 e. The maximum absolute atomic E-state index is 11.9. The van der Waals surface area contributed by atoms with Crippen molar-refractivity contribution >= 4 is 33.2 Å². The smallest absolute Gasteiger partial charge is 0.225 e. The second-order valence-electron chi connectivity index (χ2n) is 4.91. The molecule has 1 fully saturated rings. The van der Waals surface area contributed by atoms with Gasteiger partial charge in [-0.2, -0.15) is 11.8 Å². The van der Waals surface area contributed by atoms with Gasteiger partial charge < -0.3 is 10.6 Å². The van der Waals surface area contributed by atoms with Gasteiger partial charge >= 0.3 is 0 Å². The average molecular weight is 328 g/mol. The van der Waals surface area contributed by atoms with Crippen LogP contribution in [0, 0.1) is 0 Å². The highest BCUT2D eigenvalue weighted by atomic mass is 32.2. The highest BCUT2D eigenvalue weighted by molar-refractivity contribution is 7.99. The first-order chi connectivity index (χ1) is 10.0. The van der Waals surface area contributed by atoms with Gasteiger partial charge in [-0.15, -0.1) is 0 Å². The number of carbonyl (C=O) groups is 1. The van der Waals surface area contributed by atoms with Gasteiger partial charge in [0.05, 0.1) is 10.6 Å². The van der Waals surface area contributed by atoms with Gasteiger partial charge in [0, 0.05) is 36.2 Å². The van der Waals surface area contributed by atoms with E-state index in [1.165, 1.54) is 12.1 Å². The Balaban J connectivity index is 1.92. The number of carbonyl (C=O) groups excluding carboxylic acids is 1. The molecule has 1 atom stereocenters. The molecule has 2 rings (SSSR count). The summed E-state index contributed by atoms with van der Waals surface area (Å²) < 4.78 is 23.4. The molecule has 1 heterocycles. The van der Waals surface area contributed by atoms with E-state index in [0.717, 1.165) is 18.1 Å². The molecule has 0 saturated carbocycles. The van der Waals surface area contributed by atoms with Gasteiger partial charge in [-0.3, -0.25) is 4.79 Å². The second-order valence-corrected chi connectivity index (χ2v) is 8.33. The Labute approximate surface area is 129 Å². The van der Waals surface area contributed by atoms with Crippen LogP contribution >= 0.6 is 11.8 Å². The number of anilines is 1. The molecule has 0 radical (unpaired) electrons. The number of hydrogen-bond donors (Lipinski definition) is 2. The topological polar surface area (TPSA) is 75.3 Å². The van der Waals surface area contributed by atoms with Crippen molar-refractivity contribution in [2.24, 2.45) is 0 Å². The summed E-state index contributed by atoms with van der Waals surface area (Å²) in [5, 5.41) is 6.11. The van der Waals surface area contributed by atoms with E-state index < -0.39 is 9.84 Å². The molecule has 1 saturated heterocycles. The van der Waals surface area contributed by atoms with Crippen LogP contribution in [-0.4, -0.2) is 44.2 Å². The molecule has 0 aliphatic carbocycles. The van der Waals surface area contributed by atoms with E-state index in [4.69, 9.17) is 0 Å². The maximum Gasteiger partial charge on any atom is 0.225 e. The molecule has 1 aliphatic heterocycles. The lowest BCUT2D eigenvalue weighted by Gasteiger charge is -2.22. The Morgan fingerprint density at radius 3 is 2.67 bits per heavy atom. The fraction of sp³-hybridized carbons (Fsp3) is 0.500. The first-order valence-corrected chi connectivity index (χ1v) is 9.76. The lowest BCUT2D eigenvalue weighted by atomic mass is 10.2. The van der Waals surface area contributed by atoms with Crippen LogP contribution in [0.1, 0.15) is 13.3 Å². The Bertz CT molecular complexity index is 579. The van der Waals surface area contributed by atoms with Gasteiger partial charge in [0.25, 0.3) is 0 Å². The third kappa shape index (κ3) is 4.72. The zero-order chi connectivity index (χ0) is 15.3. The monoisotopic (exact) mass is 328 g/mol. The van der Waals surface area contributed by atoms with Crippen molar-refractivity contribution in [2.45, 2.75) is 24.3 Å². The molecule has 116 valence electrons. The normalized spacial score (nSPS) is 19.2. The highest BCUT2D eigenvalue weighted by Gasteiger charge is 2.17. The molecule has 1 aromatic carbocycles. The highest BCUT2D eigenvalue weighted by Crippen LogP contribution is 2.16. The summed E-state index contributed by atoms with van der Waals surface area (Å²) in [6, 6.07) is 6.53. The molecule has 7 heteroatoms. The van der Waals surface area contributed by atoms with E-state index >= 15 is 0 Å². The van der Waals surface area contributed by atoms with Crippen molar-refractivity contribution in [1.29, 1.82) is 0 Å². The molecule has 1 unspecified atom stereocenters. The average Bonchev–Trinajstić information content (AvgIpc) is 2.48. The van der Waals surface area contributed by atoms with Crippen molar-refractivity contribution in [2.75, 3.05) is 29.1 Å². The molecular weight excluding hydrogens is 308 g/mol. The SMILES string of the molecule is CCS(=O)(=O)c1ccc(NC(=O)CC2CSCCN2)cc1. The van der Waals surface area contributed by atoms with Crippen LogP contribution < -0.4 is 10.6 Å². The standard InChI is InChI=1S/C14H20N2O3S2/c1-2-21(18,19)13-5-3-11(4-6-13)16-14(17)9-12-10-20-8-7-15-12/h3-6,12,15H,2,7-10H2,1H3,(H,16,17). The lowest BCUT2D eigenvalue weighted by molar-refractivity contribution is -0.116. The quantitative estimate of drug-likeness (QED) is 0.857. The zero-order valence-electron chi connectivity index (χ0n) is 12.0. The summed E-state index contributed by atoms with van der Waals surface area (Å²) in [4.78, 5) is 12.2. The summed E-state index contributed by atoms with van der Waals surface area (Å²) in [6.07, 6.45) is 0.433. The van der Waals surface area contributed by atoms with Crippen LogP contribution in [0.2, 0.25) is 0 Å². The molecule has 0 aromatic heterocycles. The summed E-state index contributed by atoms with van der Waals surface area (Å²) in [6.45, 7) is 2.55. The van der Waals surface area contributed by atoms with E-state index in [9.17, 15) is 13.2 Å². The molecule has 1 aromatic rings. The molecule has 5 nitrogen and oxygen atoms in total. The predicted molar refractivity (Wildman–Crippen MR) is 86.5 cm³/mol. The van der Waals surface area contributed by atoms with Crippen molar-refractivity contribution in [1.82, 2.24) is 5.32 Å². The summed E-state index contributed by atoms with van der Waals surface area (Å²) in [5.41, 5.74) is 0.624.